The number of amides is 1. The van der Waals surface area contributed by atoms with Crippen LogP contribution in [0.4, 0.5) is 4.39 Å². The Hall–Kier alpha value is -1.25. The molecule has 0 saturated carbocycles. The maximum atomic E-state index is 12.9. The number of pyridine rings is 1. The minimum atomic E-state index is -0.596. The highest BCUT2D eigenvalue weighted by molar-refractivity contribution is 7.99. The summed E-state index contributed by atoms with van der Waals surface area (Å²) in [4.78, 5) is 15.2. The Balaban J connectivity index is 2.47. The molecule has 3 nitrogen and oxygen atoms in total. The van der Waals surface area contributed by atoms with Crippen molar-refractivity contribution in [3.8, 4) is 12.3 Å². The van der Waals surface area contributed by atoms with Crippen LogP contribution in [0.25, 0.3) is 0 Å². The highest BCUT2D eigenvalue weighted by Crippen LogP contribution is 2.13. The molecule has 0 aromatic carbocycles. The molecule has 0 unspecified atom stereocenters. The van der Waals surface area contributed by atoms with Gasteiger partial charge in [0.05, 0.1) is 17.5 Å². The maximum Gasteiger partial charge on any atom is 0.254 e. The Bertz CT molecular complexity index is 448. The van der Waals surface area contributed by atoms with E-state index in [2.05, 4.69) is 16.2 Å². The Kier molecular flexibility index (Phi) is 5.81. The summed E-state index contributed by atoms with van der Waals surface area (Å²) in [6, 6.07) is 1.05. The topological polar surface area (TPSA) is 42.0 Å². The first-order valence-corrected chi connectivity index (χ1v) is 6.29. The average molecular weight is 273 g/mol. The predicted molar refractivity (Wildman–Crippen MR) is 67.7 cm³/mol. The SMILES string of the molecule is C#CCSCCNC(=O)c1cc(F)cnc1Cl. The fraction of sp³-hybridized carbons (Fsp3) is 0.273. The van der Waals surface area contributed by atoms with Crippen molar-refractivity contribution in [3.05, 3.63) is 28.8 Å². The van der Waals surface area contributed by atoms with E-state index in [9.17, 15) is 9.18 Å². The van der Waals surface area contributed by atoms with E-state index in [1.807, 2.05) is 0 Å². The van der Waals surface area contributed by atoms with Gasteiger partial charge in [0, 0.05) is 12.3 Å². The predicted octanol–water partition coefficient (Wildman–Crippen LogP) is 1.97. The minimum absolute atomic E-state index is 0.0137. The lowest BCUT2D eigenvalue weighted by molar-refractivity contribution is 0.0955. The van der Waals surface area contributed by atoms with E-state index in [0.717, 1.165) is 12.3 Å². The molecule has 0 saturated heterocycles. The van der Waals surface area contributed by atoms with Crippen molar-refractivity contribution in [2.45, 2.75) is 0 Å². The van der Waals surface area contributed by atoms with E-state index in [0.29, 0.717) is 18.1 Å². The van der Waals surface area contributed by atoms with Crippen molar-refractivity contribution >= 4 is 29.3 Å². The lowest BCUT2D eigenvalue weighted by Gasteiger charge is -2.05. The summed E-state index contributed by atoms with van der Waals surface area (Å²) in [6.45, 7) is 0.442. The van der Waals surface area contributed by atoms with Crippen molar-refractivity contribution in [1.29, 1.82) is 0 Å². The Labute approximate surface area is 108 Å². The lowest BCUT2D eigenvalue weighted by Crippen LogP contribution is -2.26. The molecule has 0 bridgehead atoms. The van der Waals surface area contributed by atoms with Crippen LogP contribution < -0.4 is 5.32 Å². The molecule has 6 heteroatoms. The summed E-state index contributed by atoms with van der Waals surface area (Å²) in [5.74, 6) is 2.72. The summed E-state index contributed by atoms with van der Waals surface area (Å²) >= 11 is 7.21. The van der Waals surface area contributed by atoms with Crippen LogP contribution in [0.15, 0.2) is 12.3 Å². The monoisotopic (exact) mass is 272 g/mol. The van der Waals surface area contributed by atoms with Gasteiger partial charge in [-0.2, -0.15) is 0 Å². The quantitative estimate of drug-likeness (QED) is 0.506. The lowest BCUT2D eigenvalue weighted by atomic mass is 10.2. The summed E-state index contributed by atoms with van der Waals surface area (Å²) in [7, 11) is 0. The third-order valence-corrected chi connectivity index (χ3v) is 2.93. The van der Waals surface area contributed by atoms with Crippen LogP contribution in [0.3, 0.4) is 0 Å². The standard InChI is InChI=1S/C11H10ClFN2OS/c1-2-4-17-5-3-14-11(16)9-6-8(13)7-15-10(9)12/h1,6-7H,3-5H2,(H,14,16). The molecule has 0 aliphatic rings. The van der Waals surface area contributed by atoms with E-state index in [1.54, 1.807) is 0 Å². The van der Waals surface area contributed by atoms with Crippen LogP contribution in [0.1, 0.15) is 10.4 Å². The van der Waals surface area contributed by atoms with Crippen LogP contribution in [0, 0.1) is 18.2 Å². The molecule has 0 radical (unpaired) electrons. The molecular formula is C11H10ClFN2OS. The van der Waals surface area contributed by atoms with E-state index in [-0.39, 0.29) is 10.7 Å². The van der Waals surface area contributed by atoms with E-state index in [1.165, 1.54) is 11.8 Å². The van der Waals surface area contributed by atoms with E-state index >= 15 is 0 Å². The van der Waals surface area contributed by atoms with Gasteiger partial charge in [-0.25, -0.2) is 9.37 Å². The molecule has 1 amide bonds. The third-order valence-electron chi connectivity index (χ3n) is 1.77. The van der Waals surface area contributed by atoms with Crippen molar-refractivity contribution in [2.75, 3.05) is 18.1 Å². The number of carbonyl (C=O) groups excluding carboxylic acids is 1. The molecule has 1 N–H and O–H groups in total. The molecule has 0 spiro atoms. The second kappa shape index (κ2) is 7.15. The van der Waals surface area contributed by atoms with Crippen LogP contribution in [0.2, 0.25) is 5.15 Å². The number of aromatic nitrogens is 1. The van der Waals surface area contributed by atoms with Gasteiger partial charge in [-0.1, -0.05) is 17.5 Å². The molecule has 0 aliphatic heterocycles. The van der Waals surface area contributed by atoms with Gasteiger partial charge in [0.1, 0.15) is 11.0 Å². The number of nitrogens with zero attached hydrogens (tertiary/aromatic N) is 1. The van der Waals surface area contributed by atoms with Crippen molar-refractivity contribution in [1.82, 2.24) is 10.3 Å². The van der Waals surface area contributed by atoms with Gasteiger partial charge in [-0.15, -0.1) is 18.2 Å². The molecule has 0 fully saturated rings. The molecule has 1 aromatic rings. The van der Waals surface area contributed by atoms with Crippen molar-refractivity contribution in [2.24, 2.45) is 0 Å². The van der Waals surface area contributed by atoms with Gasteiger partial charge < -0.3 is 5.32 Å². The molecule has 1 rings (SSSR count). The Morgan fingerprint density at radius 1 is 1.71 bits per heavy atom. The van der Waals surface area contributed by atoms with Gasteiger partial charge >= 0.3 is 0 Å². The summed E-state index contributed by atoms with van der Waals surface area (Å²) in [5.41, 5.74) is 0.0358. The third kappa shape index (κ3) is 4.63. The molecule has 0 atom stereocenters. The van der Waals surface area contributed by atoms with Crippen molar-refractivity contribution in [3.63, 3.8) is 0 Å². The minimum Gasteiger partial charge on any atom is -0.351 e. The van der Waals surface area contributed by atoms with Gasteiger partial charge in [0.2, 0.25) is 0 Å². The molecule has 90 valence electrons. The molecule has 17 heavy (non-hydrogen) atoms. The Morgan fingerprint density at radius 3 is 3.18 bits per heavy atom. The van der Waals surface area contributed by atoms with Gasteiger partial charge in [0.25, 0.3) is 5.91 Å². The number of terminal acetylenes is 1. The van der Waals surface area contributed by atoms with Crippen LogP contribution in [-0.2, 0) is 0 Å². The van der Waals surface area contributed by atoms with Gasteiger partial charge in [0.15, 0.2) is 0 Å². The number of nitrogens with one attached hydrogen (secondary N) is 1. The number of halogens is 2. The number of hydrogen-bond acceptors (Lipinski definition) is 3. The summed E-state index contributed by atoms with van der Waals surface area (Å²) in [6.07, 6.45) is 6.03. The van der Waals surface area contributed by atoms with E-state index < -0.39 is 11.7 Å². The highest BCUT2D eigenvalue weighted by Gasteiger charge is 2.11. The van der Waals surface area contributed by atoms with Crippen molar-refractivity contribution < 1.29 is 9.18 Å². The zero-order chi connectivity index (χ0) is 12.7. The Morgan fingerprint density at radius 2 is 2.47 bits per heavy atom. The van der Waals surface area contributed by atoms with Crippen LogP contribution >= 0.6 is 23.4 Å². The number of carbonyl (C=O) groups is 1. The summed E-state index contributed by atoms with van der Waals surface area (Å²) < 4.78 is 12.9. The zero-order valence-electron chi connectivity index (χ0n) is 8.87. The van der Waals surface area contributed by atoms with Gasteiger partial charge in [-0.05, 0) is 6.07 Å². The first kappa shape index (κ1) is 13.8. The van der Waals surface area contributed by atoms with Gasteiger partial charge in [-0.3, -0.25) is 4.79 Å². The molecule has 1 aromatic heterocycles. The smallest absolute Gasteiger partial charge is 0.254 e. The largest absolute Gasteiger partial charge is 0.351 e. The molecular weight excluding hydrogens is 263 g/mol. The summed E-state index contributed by atoms with van der Waals surface area (Å²) in [5, 5.41) is 2.59. The first-order valence-electron chi connectivity index (χ1n) is 4.75. The highest BCUT2D eigenvalue weighted by atomic mass is 35.5. The maximum absolute atomic E-state index is 12.9. The van der Waals surface area contributed by atoms with E-state index in [4.69, 9.17) is 18.0 Å². The number of thioether (sulfide) groups is 1. The molecule has 1 heterocycles. The number of rotatable bonds is 5. The first-order chi connectivity index (χ1) is 8.15. The fourth-order valence-electron chi connectivity index (χ4n) is 1.04. The second-order valence-corrected chi connectivity index (χ2v) is 4.47. The molecule has 0 aliphatic carbocycles. The second-order valence-electron chi connectivity index (χ2n) is 3.00. The number of hydrogen-bond donors (Lipinski definition) is 1. The zero-order valence-corrected chi connectivity index (χ0v) is 10.4. The van der Waals surface area contributed by atoms with Crippen LogP contribution in [0.5, 0.6) is 0 Å². The average Bonchev–Trinajstić information content (AvgIpc) is 2.32. The fourth-order valence-corrected chi connectivity index (χ4v) is 1.74. The van der Waals surface area contributed by atoms with Crippen LogP contribution in [-0.4, -0.2) is 28.9 Å². The normalized spacial score (nSPS) is 9.71.